The standard InChI is InChI=1S/C19H20N2O6S/c1-12-4-7-17(13(2)8-12)28-11-19(23)27-10-18(22)20-15-6-5-14(21(24)25)9-16(15)26-3/h4-9H,10-11H2,1-3H3,(H,20,22). The molecule has 2 aromatic carbocycles. The number of carbonyl (C=O) groups is 2. The average molecular weight is 404 g/mol. The number of rotatable bonds is 8. The Morgan fingerprint density at radius 2 is 1.93 bits per heavy atom. The second-order valence-corrected chi connectivity index (χ2v) is 6.93. The van der Waals surface area contributed by atoms with Crippen LogP contribution in [0.4, 0.5) is 11.4 Å². The summed E-state index contributed by atoms with van der Waals surface area (Å²) in [6.07, 6.45) is 0. The molecular weight excluding hydrogens is 384 g/mol. The molecule has 0 aliphatic carbocycles. The number of ether oxygens (including phenoxy) is 2. The highest BCUT2D eigenvalue weighted by atomic mass is 32.2. The molecule has 0 aliphatic rings. The smallest absolute Gasteiger partial charge is 0.316 e. The molecule has 9 heteroatoms. The lowest BCUT2D eigenvalue weighted by Gasteiger charge is -2.10. The molecule has 0 heterocycles. The number of amides is 1. The maximum absolute atomic E-state index is 12.0. The van der Waals surface area contributed by atoms with Gasteiger partial charge in [-0.2, -0.15) is 0 Å². The van der Waals surface area contributed by atoms with Crippen LogP contribution in [0.15, 0.2) is 41.3 Å². The molecule has 28 heavy (non-hydrogen) atoms. The zero-order valence-corrected chi connectivity index (χ0v) is 16.5. The number of carbonyl (C=O) groups excluding carboxylic acids is 2. The molecule has 0 bridgehead atoms. The van der Waals surface area contributed by atoms with E-state index in [1.807, 2.05) is 32.0 Å². The number of aryl methyl sites for hydroxylation is 2. The molecule has 0 saturated heterocycles. The zero-order valence-electron chi connectivity index (χ0n) is 15.7. The van der Waals surface area contributed by atoms with E-state index in [1.54, 1.807) is 0 Å². The van der Waals surface area contributed by atoms with E-state index in [2.05, 4.69) is 5.32 Å². The molecule has 1 amide bonds. The number of non-ortho nitro benzene ring substituents is 1. The van der Waals surface area contributed by atoms with Gasteiger partial charge in [0.25, 0.3) is 11.6 Å². The van der Waals surface area contributed by atoms with Gasteiger partial charge in [0.15, 0.2) is 6.61 Å². The van der Waals surface area contributed by atoms with Gasteiger partial charge < -0.3 is 14.8 Å². The van der Waals surface area contributed by atoms with Crippen LogP contribution in [0, 0.1) is 24.0 Å². The van der Waals surface area contributed by atoms with Crippen LogP contribution in [0.5, 0.6) is 5.75 Å². The van der Waals surface area contributed by atoms with Gasteiger partial charge in [-0.25, -0.2) is 0 Å². The van der Waals surface area contributed by atoms with Crippen molar-refractivity contribution in [3.8, 4) is 5.75 Å². The van der Waals surface area contributed by atoms with E-state index in [0.29, 0.717) is 0 Å². The number of nitro benzene ring substituents is 1. The van der Waals surface area contributed by atoms with Crippen LogP contribution in [-0.4, -0.2) is 36.3 Å². The van der Waals surface area contributed by atoms with Crippen molar-refractivity contribution in [2.24, 2.45) is 0 Å². The van der Waals surface area contributed by atoms with Gasteiger partial charge >= 0.3 is 5.97 Å². The van der Waals surface area contributed by atoms with Crippen LogP contribution in [0.25, 0.3) is 0 Å². The average Bonchev–Trinajstić information content (AvgIpc) is 2.65. The lowest BCUT2D eigenvalue weighted by atomic mass is 10.2. The Morgan fingerprint density at radius 3 is 2.57 bits per heavy atom. The molecule has 2 aromatic rings. The number of thioether (sulfide) groups is 1. The summed E-state index contributed by atoms with van der Waals surface area (Å²) in [5.74, 6) is -0.870. The van der Waals surface area contributed by atoms with Gasteiger partial charge in [-0.05, 0) is 31.5 Å². The SMILES string of the molecule is COc1cc([N+](=O)[O-])ccc1NC(=O)COC(=O)CSc1ccc(C)cc1C. The van der Waals surface area contributed by atoms with Crippen molar-refractivity contribution in [3.63, 3.8) is 0 Å². The van der Waals surface area contributed by atoms with Crippen molar-refractivity contribution in [3.05, 3.63) is 57.6 Å². The molecule has 0 fully saturated rings. The van der Waals surface area contributed by atoms with Crippen molar-refractivity contribution in [2.75, 3.05) is 24.8 Å². The predicted molar refractivity (Wildman–Crippen MR) is 106 cm³/mol. The maximum atomic E-state index is 12.0. The molecule has 0 atom stereocenters. The Balaban J connectivity index is 1.85. The van der Waals surface area contributed by atoms with Crippen LogP contribution < -0.4 is 10.1 Å². The molecule has 1 N–H and O–H groups in total. The highest BCUT2D eigenvalue weighted by Gasteiger charge is 2.15. The normalized spacial score (nSPS) is 10.2. The van der Waals surface area contributed by atoms with Gasteiger partial charge in [0.1, 0.15) is 5.75 Å². The molecule has 0 aliphatic heterocycles. The summed E-state index contributed by atoms with van der Waals surface area (Å²) in [5.41, 5.74) is 2.30. The number of anilines is 1. The van der Waals surface area contributed by atoms with Gasteiger partial charge in [0.2, 0.25) is 0 Å². The van der Waals surface area contributed by atoms with E-state index in [0.717, 1.165) is 16.0 Å². The number of esters is 1. The summed E-state index contributed by atoms with van der Waals surface area (Å²) in [6.45, 7) is 3.49. The number of benzene rings is 2. The fraction of sp³-hybridized carbons (Fsp3) is 0.263. The predicted octanol–water partition coefficient (Wildman–Crippen LogP) is 3.49. The molecule has 8 nitrogen and oxygen atoms in total. The van der Waals surface area contributed by atoms with E-state index < -0.39 is 23.4 Å². The molecule has 2 rings (SSSR count). The number of nitrogens with zero attached hydrogens (tertiary/aromatic N) is 1. The Hall–Kier alpha value is -3.07. The third-order valence-corrected chi connectivity index (χ3v) is 4.86. The van der Waals surface area contributed by atoms with E-state index in [1.165, 1.54) is 37.1 Å². The first-order valence-electron chi connectivity index (χ1n) is 8.28. The van der Waals surface area contributed by atoms with Crippen molar-refractivity contribution >= 4 is 35.0 Å². The lowest BCUT2D eigenvalue weighted by molar-refractivity contribution is -0.384. The fourth-order valence-electron chi connectivity index (χ4n) is 2.37. The summed E-state index contributed by atoms with van der Waals surface area (Å²) in [4.78, 5) is 35.1. The van der Waals surface area contributed by atoms with Gasteiger partial charge in [0.05, 0.1) is 29.5 Å². The molecule has 0 radical (unpaired) electrons. The molecule has 0 unspecified atom stereocenters. The minimum absolute atomic E-state index is 0.0814. The number of hydrogen-bond acceptors (Lipinski definition) is 7. The van der Waals surface area contributed by atoms with Crippen molar-refractivity contribution in [1.29, 1.82) is 0 Å². The quantitative estimate of drug-likeness (QED) is 0.310. The van der Waals surface area contributed by atoms with Crippen LogP contribution in [-0.2, 0) is 14.3 Å². The van der Waals surface area contributed by atoms with Gasteiger partial charge in [-0.3, -0.25) is 19.7 Å². The summed E-state index contributed by atoms with van der Waals surface area (Å²) in [5, 5.41) is 13.3. The molecular formula is C19H20N2O6S. The monoisotopic (exact) mass is 404 g/mol. The third-order valence-electron chi connectivity index (χ3n) is 3.71. The van der Waals surface area contributed by atoms with Crippen LogP contribution in [0.1, 0.15) is 11.1 Å². The summed E-state index contributed by atoms with van der Waals surface area (Å²) in [7, 11) is 1.33. The first-order chi connectivity index (χ1) is 13.3. The number of nitro groups is 1. The molecule has 0 spiro atoms. The minimum Gasteiger partial charge on any atom is -0.494 e. The summed E-state index contributed by atoms with van der Waals surface area (Å²) < 4.78 is 10.0. The molecule has 148 valence electrons. The van der Waals surface area contributed by atoms with Crippen LogP contribution in [0.2, 0.25) is 0 Å². The minimum atomic E-state index is -0.572. The van der Waals surface area contributed by atoms with E-state index in [9.17, 15) is 19.7 Å². The van der Waals surface area contributed by atoms with Crippen LogP contribution >= 0.6 is 11.8 Å². The maximum Gasteiger partial charge on any atom is 0.316 e. The third kappa shape index (κ3) is 5.98. The first kappa shape index (κ1) is 21.2. The zero-order chi connectivity index (χ0) is 20.7. The summed E-state index contributed by atoms with van der Waals surface area (Å²) >= 11 is 1.34. The number of nitrogens with one attached hydrogen (secondary N) is 1. The summed E-state index contributed by atoms with van der Waals surface area (Å²) in [6, 6.07) is 9.72. The van der Waals surface area contributed by atoms with Gasteiger partial charge in [-0.15, -0.1) is 11.8 Å². The van der Waals surface area contributed by atoms with Crippen molar-refractivity contribution < 1.29 is 24.0 Å². The number of methoxy groups -OCH3 is 1. The second-order valence-electron chi connectivity index (χ2n) is 5.91. The molecule has 0 aromatic heterocycles. The van der Waals surface area contributed by atoms with E-state index in [4.69, 9.17) is 9.47 Å². The highest BCUT2D eigenvalue weighted by molar-refractivity contribution is 8.00. The topological polar surface area (TPSA) is 108 Å². The Morgan fingerprint density at radius 1 is 1.18 bits per heavy atom. The van der Waals surface area contributed by atoms with Crippen molar-refractivity contribution in [1.82, 2.24) is 0 Å². The van der Waals surface area contributed by atoms with E-state index in [-0.39, 0.29) is 22.9 Å². The Labute approximate surface area is 166 Å². The molecule has 0 saturated carbocycles. The largest absolute Gasteiger partial charge is 0.494 e. The van der Waals surface area contributed by atoms with Gasteiger partial charge in [-0.1, -0.05) is 17.7 Å². The first-order valence-corrected chi connectivity index (χ1v) is 9.26. The van der Waals surface area contributed by atoms with Crippen LogP contribution in [0.3, 0.4) is 0 Å². The van der Waals surface area contributed by atoms with Gasteiger partial charge in [0, 0.05) is 11.0 Å². The van der Waals surface area contributed by atoms with E-state index >= 15 is 0 Å². The second kappa shape index (κ2) is 9.75. The number of hydrogen-bond donors (Lipinski definition) is 1. The Bertz CT molecular complexity index is 900. The highest BCUT2D eigenvalue weighted by Crippen LogP contribution is 2.29. The van der Waals surface area contributed by atoms with Crippen molar-refractivity contribution in [2.45, 2.75) is 18.7 Å². The fourth-order valence-corrected chi connectivity index (χ4v) is 3.18. The lowest BCUT2D eigenvalue weighted by Crippen LogP contribution is -2.22. The Kier molecular flexibility index (Phi) is 7.39.